The molecule has 0 amide bonds. The van der Waals surface area contributed by atoms with Crippen molar-refractivity contribution in [1.29, 1.82) is 0 Å². The summed E-state index contributed by atoms with van der Waals surface area (Å²) in [5.41, 5.74) is 4.50. The van der Waals surface area contributed by atoms with Crippen LogP contribution < -0.4 is 14.9 Å². The van der Waals surface area contributed by atoms with Gasteiger partial charge in [0.05, 0.1) is 26.4 Å². The van der Waals surface area contributed by atoms with Crippen molar-refractivity contribution in [3.63, 3.8) is 0 Å². The predicted molar refractivity (Wildman–Crippen MR) is 190 cm³/mol. The molecule has 0 unspecified atom stereocenters. The summed E-state index contributed by atoms with van der Waals surface area (Å²) in [5, 5.41) is 23.5. The Morgan fingerprint density at radius 2 is 1.75 bits per heavy atom. The largest absolute Gasteiger partial charge is 0.327 e. The molecule has 262 valence electrons. The molecule has 5 rings (SSSR count). The molecule has 3 aromatic heterocycles. The second-order valence-corrected chi connectivity index (χ2v) is 19.6. The minimum Gasteiger partial charge on any atom is -0.327 e. The van der Waals surface area contributed by atoms with Crippen LogP contribution in [-0.4, -0.2) is 54.2 Å². The van der Waals surface area contributed by atoms with E-state index in [1.807, 2.05) is 11.0 Å². The number of nitrogens with one attached hydrogen (secondary N) is 1. The minimum atomic E-state index is -4.09. The second kappa shape index (κ2) is 14.8. The molecular formula is C28H35N4O10S6+. The number of thioether (sulfide) groups is 1. The number of unbranched alkanes of at least 4 members (excludes halogenated alkanes) is 2. The van der Waals surface area contributed by atoms with Gasteiger partial charge in [-0.05, 0) is 83.5 Å². The lowest BCUT2D eigenvalue weighted by molar-refractivity contribution is -0.667. The molecule has 0 fully saturated rings. The molecule has 14 nitrogen and oxygen atoms in total. The number of allylic oxidation sites excluding steroid dienone is 4. The Bertz CT molecular complexity index is 2010. The third-order valence-electron chi connectivity index (χ3n) is 7.55. The molecule has 0 spiro atoms. The second-order valence-electron chi connectivity index (χ2n) is 12.3. The number of anilines is 2. The summed E-state index contributed by atoms with van der Waals surface area (Å²) in [6.45, 7) is 5.31. The van der Waals surface area contributed by atoms with Gasteiger partial charge in [0.1, 0.15) is 14.7 Å². The van der Waals surface area contributed by atoms with E-state index in [0.717, 1.165) is 64.8 Å². The summed E-state index contributed by atoms with van der Waals surface area (Å²) in [6.07, 6.45) is 9.45. The smallest absolute Gasteiger partial charge is 0.327 e. The van der Waals surface area contributed by atoms with Crippen LogP contribution in [0.5, 0.6) is 0 Å². The van der Waals surface area contributed by atoms with Crippen molar-refractivity contribution in [2.45, 2.75) is 63.8 Å². The number of hydrogen-bond donors (Lipinski definition) is 4. The highest BCUT2D eigenvalue weighted by Crippen LogP contribution is 2.53. The number of nitrogens with zero attached hydrogens (tertiary/aromatic N) is 3. The van der Waals surface area contributed by atoms with Crippen LogP contribution in [-0.2, 0) is 31.8 Å². The Kier molecular flexibility index (Phi) is 11.4. The van der Waals surface area contributed by atoms with E-state index < -0.39 is 25.2 Å². The van der Waals surface area contributed by atoms with Crippen LogP contribution in [0.1, 0.15) is 57.4 Å². The highest BCUT2D eigenvalue weighted by Gasteiger charge is 2.33. The zero-order valence-corrected chi connectivity index (χ0v) is 30.8. The van der Waals surface area contributed by atoms with Gasteiger partial charge in [0.25, 0.3) is 30.1 Å². The average Bonchev–Trinajstić information content (AvgIpc) is 3.68. The number of thiazole rings is 1. The van der Waals surface area contributed by atoms with Gasteiger partial charge in [0, 0.05) is 25.1 Å². The molecule has 1 aliphatic heterocycles. The number of aryl methyl sites for hydroxylation is 1. The van der Waals surface area contributed by atoms with Crippen LogP contribution in [0.2, 0.25) is 0 Å². The maximum absolute atomic E-state index is 11.5. The minimum absolute atomic E-state index is 0.0339. The monoisotopic (exact) mass is 779 g/mol. The van der Waals surface area contributed by atoms with Gasteiger partial charge in [-0.2, -0.15) is 21.4 Å². The molecule has 0 saturated carbocycles. The first-order valence-corrected chi connectivity index (χ1v) is 21.3. The van der Waals surface area contributed by atoms with E-state index in [9.17, 15) is 26.9 Å². The van der Waals surface area contributed by atoms with Crippen LogP contribution in [0.25, 0.3) is 15.6 Å². The zero-order chi connectivity index (χ0) is 34.9. The Balaban J connectivity index is 1.46. The van der Waals surface area contributed by atoms with Crippen LogP contribution >= 0.6 is 45.8 Å². The van der Waals surface area contributed by atoms with Crippen molar-refractivity contribution in [2.24, 2.45) is 5.41 Å². The fourth-order valence-electron chi connectivity index (χ4n) is 5.72. The van der Waals surface area contributed by atoms with Gasteiger partial charge in [-0.15, -0.1) is 4.99 Å². The van der Waals surface area contributed by atoms with Crippen LogP contribution in [0.15, 0.2) is 45.4 Å². The highest BCUT2D eigenvalue weighted by molar-refractivity contribution is 8.04. The van der Waals surface area contributed by atoms with E-state index in [1.165, 1.54) is 23.1 Å². The van der Waals surface area contributed by atoms with Gasteiger partial charge < -0.3 is 4.90 Å². The lowest BCUT2D eigenvalue weighted by Gasteiger charge is -2.31. The molecule has 0 aromatic carbocycles. The van der Waals surface area contributed by atoms with Crippen molar-refractivity contribution < 1.29 is 45.7 Å². The van der Waals surface area contributed by atoms with Gasteiger partial charge >= 0.3 is 5.00 Å². The summed E-state index contributed by atoms with van der Waals surface area (Å²) in [4.78, 5) is 18.8. The number of rotatable bonds is 15. The van der Waals surface area contributed by atoms with Crippen molar-refractivity contribution in [3.8, 4) is 0 Å². The normalized spacial score (nSPS) is 18.2. The molecule has 0 atom stereocenters. The van der Waals surface area contributed by atoms with E-state index in [4.69, 9.17) is 14.4 Å². The molecule has 0 radical (unpaired) electrons. The van der Waals surface area contributed by atoms with Crippen molar-refractivity contribution in [3.05, 3.63) is 55.6 Å². The van der Waals surface area contributed by atoms with Gasteiger partial charge in [0.15, 0.2) is 6.54 Å². The number of thiophene rings is 2. The van der Waals surface area contributed by atoms with E-state index in [0.29, 0.717) is 37.4 Å². The molecule has 2 aliphatic rings. The number of nitro groups is 1. The summed E-state index contributed by atoms with van der Waals surface area (Å²) in [7, 11) is -8.15. The Hall–Kier alpha value is -2.40. The van der Waals surface area contributed by atoms with Gasteiger partial charge in [0.2, 0.25) is 0 Å². The standard InChI is InChI=1S/C28H34N4O10S6/c1-28(2)16-18(12-23-30(7-3-5-9-47(36,37)38)26-20(43-23)14-22(45-26)29-42-35)11-19(17-28)13-24-31(8-4-6-10-48(39,40)41)27-21(44-24)15-25(46-27)32(33)34/h11-15,29H,3-10,16-17H2,1-2H3,(H2-,35,36,37,38,39,40,41)/p+1. The molecular weight excluding hydrogens is 745 g/mol. The first-order valence-electron chi connectivity index (χ1n) is 14.8. The first kappa shape index (κ1) is 36.9. The van der Waals surface area contributed by atoms with Crippen LogP contribution in [0.3, 0.4) is 0 Å². The lowest BCUT2D eigenvalue weighted by Crippen LogP contribution is -2.34. The predicted octanol–water partition coefficient (Wildman–Crippen LogP) is 6.96. The highest BCUT2D eigenvalue weighted by atomic mass is 32.2. The Morgan fingerprint density at radius 3 is 2.42 bits per heavy atom. The molecule has 4 heterocycles. The fourth-order valence-corrected chi connectivity index (χ4v) is 11.7. The van der Waals surface area contributed by atoms with Crippen LogP contribution in [0.4, 0.5) is 15.0 Å². The summed E-state index contributed by atoms with van der Waals surface area (Å²) < 4.78 is 66.4. The van der Waals surface area contributed by atoms with Crippen molar-refractivity contribution in [2.75, 3.05) is 28.4 Å². The Morgan fingerprint density at radius 1 is 1.04 bits per heavy atom. The Labute approximate surface area is 294 Å². The SMILES string of the molecule is CC1(C)CC(/C=C2\Sc3cc([N+](=O)[O-])sc3N2CCCCS(=O)(=O)O)=CC(=C/c2sc3cc(NOO)sc3[n+]2CCCCS(=O)(=O)O)/C1. The van der Waals surface area contributed by atoms with Gasteiger partial charge in [-0.1, -0.05) is 43.0 Å². The third-order valence-corrected chi connectivity index (χ3v) is 13.7. The van der Waals surface area contributed by atoms with E-state index >= 15 is 0 Å². The summed E-state index contributed by atoms with van der Waals surface area (Å²) in [6, 6.07) is 3.42. The molecule has 3 aromatic rings. The molecule has 4 N–H and O–H groups in total. The topological polar surface area (TPSA) is 200 Å². The molecule has 1 aliphatic carbocycles. The molecule has 0 saturated heterocycles. The average molecular weight is 780 g/mol. The lowest BCUT2D eigenvalue weighted by atomic mass is 9.75. The van der Waals surface area contributed by atoms with Crippen LogP contribution in [0, 0.1) is 15.5 Å². The van der Waals surface area contributed by atoms with Gasteiger partial charge in [-0.3, -0.25) is 19.2 Å². The van der Waals surface area contributed by atoms with E-state index in [-0.39, 0.29) is 28.3 Å². The molecule has 0 bridgehead atoms. The quantitative estimate of drug-likeness (QED) is 0.0309. The summed E-state index contributed by atoms with van der Waals surface area (Å²) >= 11 is 5.46. The fraction of sp³-hybridized carbons (Fsp3) is 0.464. The van der Waals surface area contributed by atoms with Crippen molar-refractivity contribution >= 4 is 96.6 Å². The number of aromatic nitrogens is 1. The van der Waals surface area contributed by atoms with Crippen molar-refractivity contribution in [1.82, 2.24) is 0 Å². The summed E-state index contributed by atoms with van der Waals surface area (Å²) in [5.74, 6) is -0.677. The zero-order valence-electron chi connectivity index (χ0n) is 25.9. The third kappa shape index (κ3) is 9.64. The molecule has 20 heteroatoms. The maximum atomic E-state index is 11.5. The van der Waals surface area contributed by atoms with E-state index in [2.05, 4.69) is 47.1 Å². The maximum Gasteiger partial charge on any atom is 0.327 e. The number of fused-ring (bicyclic) bond motifs is 2. The molecule has 48 heavy (non-hydrogen) atoms. The number of hydrogen-bond acceptors (Lipinski definition) is 14. The first-order chi connectivity index (χ1) is 22.5. The van der Waals surface area contributed by atoms with Gasteiger partial charge in [-0.25, -0.2) is 10.7 Å². The van der Waals surface area contributed by atoms with E-state index in [1.54, 1.807) is 17.4 Å².